The van der Waals surface area contributed by atoms with E-state index in [1.165, 1.54) is 6.20 Å². The van der Waals surface area contributed by atoms with E-state index >= 15 is 0 Å². The van der Waals surface area contributed by atoms with Crippen molar-refractivity contribution in [3.8, 4) is 5.75 Å². The molecule has 1 aliphatic carbocycles. The zero-order valence-electron chi connectivity index (χ0n) is 12.6. The minimum Gasteiger partial charge on any atom is -0.495 e. The summed E-state index contributed by atoms with van der Waals surface area (Å²) >= 11 is 0. The van der Waals surface area contributed by atoms with Crippen molar-refractivity contribution in [2.45, 2.75) is 25.8 Å². The normalized spacial score (nSPS) is 13.5. The van der Waals surface area contributed by atoms with Gasteiger partial charge in [0.1, 0.15) is 17.3 Å². The Labute approximate surface area is 128 Å². The van der Waals surface area contributed by atoms with Gasteiger partial charge >= 0.3 is 0 Å². The number of aromatic nitrogens is 2. The Bertz CT molecular complexity index is 681. The van der Waals surface area contributed by atoms with Crippen LogP contribution in [0.1, 0.15) is 28.9 Å². The number of hydrogen-bond donors (Lipinski definition) is 2. The second-order valence-electron chi connectivity index (χ2n) is 5.36. The fourth-order valence-electron chi connectivity index (χ4n) is 2.05. The smallest absolute Gasteiger partial charge is 0.271 e. The van der Waals surface area contributed by atoms with Gasteiger partial charge in [-0.1, -0.05) is 6.07 Å². The number of anilines is 2. The van der Waals surface area contributed by atoms with Crippen LogP contribution in [-0.2, 0) is 0 Å². The van der Waals surface area contributed by atoms with Gasteiger partial charge in [-0.2, -0.15) is 0 Å². The van der Waals surface area contributed by atoms with Crippen LogP contribution in [0.25, 0.3) is 0 Å². The number of ether oxygens (including phenoxy) is 1. The molecule has 0 radical (unpaired) electrons. The third kappa shape index (κ3) is 3.33. The zero-order chi connectivity index (χ0) is 15.5. The molecule has 2 aromatic rings. The van der Waals surface area contributed by atoms with Gasteiger partial charge in [0.05, 0.1) is 25.2 Å². The summed E-state index contributed by atoms with van der Waals surface area (Å²) in [6.45, 7) is 2.00. The van der Waals surface area contributed by atoms with Crippen molar-refractivity contribution >= 4 is 17.4 Å². The summed E-state index contributed by atoms with van der Waals surface area (Å²) in [6, 6.07) is 6.14. The second kappa shape index (κ2) is 6.01. The fourth-order valence-corrected chi connectivity index (χ4v) is 2.05. The molecular formula is C16H18N4O2. The van der Waals surface area contributed by atoms with Gasteiger partial charge in [0.25, 0.3) is 5.91 Å². The summed E-state index contributed by atoms with van der Waals surface area (Å²) < 4.78 is 5.31. The third-order valence-electron chi connectivity index (χ3n) is 3.41. The van der Waals surface area contributed by atoms with Crippen molar-refractivity contribution in [2.24, 2.45) is 0 Å². The molecule has 3 rings (SSSR count). The predicted octanol–water partition coefficient (Wildman–Crippen LogP) is 2.43. The average Bonchev–Trinajstić information content (AvgIpc) is 3.32. The van der Waals surface area contributed by atoms with E-state index in [-0.39, 0.29) is 5.91 Å². The van der Waals surface area contributed by atoms with E-state index in [0.717, 1.165) is 29.8 Å². The highest BCUT2D eigenvalue weighted by atomic mass is 16.5. The van der Waals surface area contributed by atoms with Crippen LogP contribution in [0.2, 0.25) is 0 Å². The summed E-state index contributed by atoms with van der Waals surface area (Å²) in [5.74, 6) is 1.12. The van der Waals surface area contributed by atoms with Crippen LogP contribution >= 0.6 is 0 Å². The molecule has 0 bridgehead atoms. The molecule has 1 aromatic carbocycles. The maximum absolute atomic E-state index is 11.9. The molecular weight excluding hydrogens is 280 g/mol. The van der Waals surface area contributed by atoms with Crippen molar-refractivity contribution in [3.05, 3.63) is 41.9 Å². The lowest BCUT2D eigenvalue weighted by molar-refractivity contribution is 0.0945. The van der Waals surface area contributed by atoms with E-state index in [2.05, 4.69) is 20.6 Å². The van der Waals surface area contributed by atoms with E-state index in [1.807, 2.05) is 25.1 Å². The van der Waals surface area contributed by atoms with E-state index in [0.29, 0.717) is 17.6 Å². The van der Waals surface area contributed by atoms with Gasteiger partial charge in [-0.15, -0.1) is 0 Å². The van der Waals surface area contributed by atoms with Gasteiger partial charge in [0.2, 0.25) is 0 Å². The standard InChI is InChI=1S/C16H18N4O2/c1-10-3-6-14(22-2)12(7-10)20-15-9-17-13(8-18-15)16(21)19-11-4-5-11/h3,6-9,11H,4-5H2,1-2H3,(H,18,20)(H,19,21). The van der Waals surface area contributed by atoms with Crippen molar-refractivity contribution in [2.75, 3.05) is 12.4 Å². The van der Waals surface area contributed by atoms with Crippen LogP contribution in [0.5, 0.6) is 5.75 Å². The monoisotopic (exact) mass is 298 g/mol. The van der Waals surface area contributed by atoms with Crippen molar-refractivity contribution in [3.63, 3.8) is 0 Å². The highest BCUT2D eigenvalue weighted by Crippen LogP contribution is 2.27. The summed E-state index contributed by atoms with van der Waals surface area (Å²) in [5, 5.41) is 6.04. The fraction of sp³-hybridized carbons (Fsp3) is 0.312. The van der Waals surface area contributed by atoms with Gasteiger partial charge in [0.15, 0.2) is 0 Å². The van der Waals surface area contributed by atoms with Crippen molar-refractivity contribution in [1.29, 1.82) is 0 Å². The summed E-state index contributed by atoms with van der Waals surface area (Å²) in [7, 11) is 1.62. The first-order valence-corrected chi connectivity index (χ1v) is 7.20. The van der Waals surface area contributed by atoms with Gasteiger partial charge < -0.3 is 15.4 Å². The summed E-state index contributed by atoms with van der Waals surface area (Å²) in [4.78, 5) is 20.2. The number of aryl methyl sites for hydroxylation is 1. The minimum absolute atomic E-state index is 0.172. The first kappa shape index (κ1) is 14.3. The topological polar surface area (TPSA) is 76.1 Å². The number of amides is 1. The Balaban J connectivity index is 1.73. The Morgan fingerprint density at radius 1 is 1.27 bits per heavy atom. The van der Waals surface area contributed by atoms with E-state index < -0.39 is 0 Å². The van der Waals surface area contributed by atoms with E-state index in [1.54, 1.807) is 13.3 Å². The maximum atomic E-state index is 11.9. The first-order chi connectivity index (χ1) is 10.7. The van der Waals surface area contributed by atoms with Gasteiger partial charge in [-0.3, -0.25) is 4.79 Å². The Morgan fingerprint density at radius 3 is 2.73 bits per heavy atom. The van der Waals surface area contributed by atoms with Crippen LogP contribution in [0.4, 0.5) is 11.5 Å². The molecule has 114 valence electrons. The van der Waals surface area contributed by atoms with Crippen LogP contribution in [-0.4, -0.2) is 29.0 Å². The molecule has 1 fully saturated rings. The lowest BCUT2D eigenvalue weighted by atomic mass is 10.2. The second-order valence-corrected chi connectivity index (χ2v) is 5.36. The lowest BCUT2D eigenvalue weighted by Crippen LogP contribution is -2.26. The summed E-state index contributed by atoms with van der Waals surface area (Å²) in [5.41, 5.74) is 2.25. The molecule has 0 spiro atoms. The first-order valence-electron chi connectivity index (χ1n) is 7.20. The molecule has 0 unspecified atom stereocenters. The average molecular weight is 298 g/mol. The van der Waals surface area contributed by atoms with E-state index in [9.17, 15) is 4.79 Å². The number of hydrogen-bond acceptors (Lipinski definition) is 5. The molecule has 0 atom stereocenters. The molecule has 1 aliphatic rings. The number of methoxy groups -OCH3 is 1. The SMILES string of the molecule is COc1ccc(C)cc1Nc1cnc(C(=O)NC2CC2)cn1. The quantitative estimate of drug-likeness (QED) is 0.886. The summed E-state index contributed by atoms with van der Waals surface area (Å²) in [6.07, 6.45) is 5.11. The number of nitrogens with zero attached hydrogens (tertiary/aromatic N) is 2. The van der Waals surface area contributed by atoms with Crippen LogP contribution in [0.15, 0.2) is 30.6 Å². The van der Waals surface area contributed by atoms with E-state index in [4.69, 9.17) is 4.74 Å². The largest absolute Gasteiger partial charge is 0.495 e. The Hall–Kier alpha value is -2.63. The number of benzene rings is 1. The minimum atomic E-state index is -0.172. The van der Waals surface area contributed by atoms with Crippen LogP contribution in [0, 0.1) is 6.92 Å². The van der Waals surface area contributed by atoms with Crippen LogP contribution < -0.4 is 15.4 Å². The number of nitrogens with one attached hydrogen (secondary N) is 2. The molecule has 0 aliphatic heterocycles. The maximum Gasteiger partial charge on any atom is 0.271 e. The molecule has 6 heteroatoms. The Morgan fingerprint density at radius 2 is 2.09 bits per heavy atom. The van der Waals surface area contributed by atoms with Gasteiger partial charge in [0, 0.05) is 6.04 Å². The predicted molar refractivity (Wildman–Crippen MR) is 83.5 cm³/mol. The van der Waals surface area contributed by atoms with Crippen molar-refractivity contribution < 1.29 is 9.53 Å². The lowest BCUT2D eigenvalue weighted by Gasteiger charge is -2.11. The molecule has 1 saturated carbocycles. The molecule has 1 heterocycles. The highest BCUT2D eigenvalue weighted by molar-refractivity contribution is 5.92. The zero-order valence-corrected chi connectivity index (χ0v) is 12.6. The van der Waals surface area contributed by atoms with Crippen LogP contribution in [0.3, 0.4) is 0 Å². The number of carbonyl (C=O) groups excluding carboxylic acids is 1. The molecule has 1 aromatic heterocycles. The highest BCUT2D eigenvalue weighted by Gasteiger charge is 2.24. The van der Waals surface area contributed by atoms with Gasteiger partial charge in [-0.05, 0) is 37.5 Å². The Kier molecular flexibility index (Phi) is 3.91. The molecule has 0 saturated heterocycles. The number of carbonyl (C=O) groups is 1. The van der Waals surface area contributed by atoms with Crippen molar-refractivity contribution in [1.82, 2.24) is 15.3 Å². The molecule has 1 amide bonds. The van der Waals surface area contributed by atoms with Gasteiger partial charge in [-0.25, -0.2) is 9.97 Å². The molecule has 6 nitrogen and oxygen atoms in total. The molecule has 22 heavy (non-hydrogen) atoms. The number of rotatable bonds is 5. The molecule has 2 N–H and O–H groups in total. The third-order valence-corrected chi connectivity index (χ3v) is 3.41.